The first kappa shape index (κ1) is 30.0. The van der Waals surface area contributed by atoms with Crippen LogP contribution in [0.5, 0.6) is 0 Å². The molecule has 0 aromatic rings. The van der Waals surface area contributed by atoms with Crippen LogP contribution < -0.4 is 16.4 Å². The Kier molecular flexibility index (Phi) is 14.6. The molecule has 196 valence electrons. The van der Waals surface area contributed by atoms with Crippen LogP contribution in [0.2, 0.25) is 0 Å². The fraction of sp³-hybridized carbons (Fsp3) is 0.826. The van der Waals surface area contributed by atoms with Crippen molar-refractivity contribution in [2.75, 3.05) is 39.5 Å². The van der Waals surface area contributed by atoms with Crippen LogP contribution in [0.1, 0.15) is 53.4 Å². The first-order chi connectivity index (χ1) is 16.1. The van der Waals surface area contributed by atoms with Crippen LogP contribution in [-0.2, 0) is 38.1 Å². The summed E-state index contributed by atoms with van der Waals surface area (Å²) in [5.41, 5.74) is 5.20. The van der Waals surface area contributed by atoms with Gasteiger partial charge in [0.05, 0.1) is 31.9 Å². The van der Waals surface area contributed by atoms with Crippen LogP contribution in [-0.4, -0.2) is 81.5 Å². The Morgan fingerprint density at radius 1 is 0.971 bits per heavy atom. The smallest absolute Gasteiger partial charge is 0.302 e. The summed E-state index contributed by atoms with van der Waals surface area (Å²) in [4.78, 5) is 45.7. The van der Waals surface area contributed by atoms with Crippen LogP contribution in [0.25, 0.3) is 0 Å². The maximum Gasteiger partial charge on any atom is 0.302 e. The summed E-state index contributed by atoms with van der Waals surface area (Å²) in [5, 5.41) is 5.53. The number of ketones is 1. The number of carbonyl (C=O) groups excluding carboxylic acids is 4. The third-order valence-electron chi connectivity index (χ3n) is 5.80. The van der Waals surface area contributed by atoms with E-state index in [4.69, 9.17) is 24.7 Å². The fourth-order valence-corrected chi connectivity index (χ4v) is 3.67. The van der Waals surface area contributed by atoms with Crippen molar-refractivity contribution in [3.05, 3.63) is 0 Å². The molecule has 5 unspecified atom stereocenters. The molecule has 1 aliphatic heterocycles. The van der Waals surface area contributed by atoms with Gasteiger partial charge in [-0.15, -0.1) is 0 Å². The Hall–Kier alpha value is -2.08. The Bertz CT molecular complexity index is 658. The second kappa shape index (κ2) is 16.5. The highest BCUT2D eigenvalue weighted by molar-refractivity contribution is 5.79. The molecule has 0 spiro atoms. The molecule has 2 amide bonds. The Balaban J connectivity index is 2.31. The molecule has 11 nitrogen and oxygen atoms in total. The van der Waals surface area contributed by atoms with E-state index in [9.17, 15) is 19.2 Å². The molecular weight excluding hydrogens is 446 g/mol. The van der Waals surface area contributed by atoms with Gasteiger partial charge in [-0.1, -0.05) is 13.8 Å². The number of carbonyl (C=O) groups is 4. The predicted octanol–water partition coefficient (Wildman–Crippen LogP) is 0.289. The molecule has 0 radical (unpaired) electrons. The summed E-state index contributed by atoms with van der Waals surface area (Å²) in [6.07, 6.45) is 0.968. The molecule has 0 aliphatic carbocycles. The molecule has 0 aromatic heterocycles. The van der Waals surface area contributed by atoms with E-state index in [1.807, 2.05) is 13.8 Å². The SMILES string of the molecule is CC(=O)NC1C(OCCOCCCC(=O)CCCNC(=O)CN)OC(COC(C)=O)C(C)C1C. The number of esters is 1. The molecule has 4 N–H and O–H groups in total. The lowest BCUT2D eigenvalue weighted by Gasteiger charge is -2.44. The molecule has 34 heavy (non-hydrogen) atoms. The number of ether oxygens (including phenoxy) is 4. The minimum Gasteiger partial charge on any atom is -0.463 e. The van der Waals surface area contributed by atoms with Crippen molar-refractivity contribution in [3.8, 4) is 0 Å². The zero-order valence-corrected chi connectivity index (χ0v) is 20.8. The lowest BCUT2D eigenvalue weighted by molar-refractivity contribution is -0.246. The highest BCUT2D eigenvalue weighted by atomic mass is 16.7. The normalized spacial score (nSPS) is 24.3. The van der Waals surface area contributed by atoms with E-state index in [1.54, 1.807) is 0 Å². The number of hydrogen-bond acceptors (Lipinski definition) is 9. The minimum atomic E-state index is -0.694. The van der Waals surface area contributed by atoms with Crippen molar-refractivity contribution in [1.29, 1.82) is 0 Å². The van der Waals surface area contributed by atoms with E-state index in [0.717, 1.165) is 0 Å². The number of rotatable bonds is 16. The largest absolute Gasteiger partial charge is 0.463 e. The number of Topliss-reactive ketones (excluding diaryl/α,β-unsaturated/α-hetero) is 1. The molecule has 5 atom stereocenters. The lowest BCUT2D eigenvalue weighted by Crippen LogP contribution is -2.58. The first-order valence-electron chi connectivity index (χ1n) is 11.9. The zero-order valence-electron chi connectivity index (χ0n) is 20.8. The average Bonchev–Trinajstić information content (AvgIpc) is 2.78. The highest BCUT2D eigenvalue weighted by Crippen LogP contribution is 2.31. The average molecular weight is 488 g/mol. The summed E-state index contributed by atoms with van der Waals surface area (Å²) in [6, 6.07) is -0.340. The van der Waals surface area contributed by atoms with Gasteiger partial charge in [-0.2, -0.15) is 0 Å². The van der Waals surface area contributed by atoms with Crippen molar-refractivity contribution in [2.24, 2.45) is 17.6 Å². The molecule has 1 aliphatic rings. The lowest BCUT2D eigenvalue weighted by atomic mass is 9.82. The van der Waals surface area contributed by atoms with Crippen molar-refractivity contribution in [2.45, 2.75) is 71.8 Å². The van der Waals surface area contributed by atoms with E-state index in [1.165, 1.54) is 13.8 Å². The Labute approximate surface area is 201 Å². The number of hydrogen-bond donors (Lipinski definition) is 3. The Morgan fingerprint density at radius 2 is 1.68 bits per heavy atom. The van der Waals surface area contributed by atoms with Crippen LogP contribution in [0.3, 0.4) is 0 Å². The summed E-state index contributed by atoms with van der Waals surface area (Å²) < 4.78 is 22.5. The quantitative estimate of drug-likeness (QED) is 0.206. The Morgan fingerprint density at radius 3 is 2.32 bits per heavy atom. The molecule has 1 rings (SSSR count). The van der Waals surface area contributed by atoms with Gasteiger partial charge in [0.15, 0.2) is 6.29 Å². The van der Waals surface area contributed by atoms with E-state index >= 15 is 0 Å². The van der Waals surface area contributed by atoms with E-state index in [-0.39, 0.29) is 67.3 Å². The summed E-state index contributed by atoms with van der Waals surface area (Å²) in [7, 11) is 0. The van der Waals surface area contributed by atoms with Gasteiger partial charge in [-0.25, -0.2) is 0 Å². The predicted molar refractivity (Wildman–Crippen MR) is 124 cm³/mol. The molecule has 1 saturated heterocycles. The van der Waals surface area contributed by atoms with Gasteiger partial charge in [0.1, 0.15) is 12.4 Å². The fourth-order valence-electron chi connectivity index (χ4n) is 3.67. The van der Waals surface area contributed by atoms with Crippen molar-refractivity contribution < 1.29 is 38.1 Å². The second-order valence-electron chi connectivity index (χ2n) is 8.57. The zero-order chi connectivity index (χ0) is 25.5. The summed E-state index contributed by atoms with van der Waals surface area (Å²) in [6.45, 7) is 8.27. The van der Waals surface area contributed by atoms with Crippen molar-refractivity contribution >= 4 is 23.6 Å². The third kappa shape index (κ3) is 11.9. The number of nitrogens with two attached hydrogens (primary N) is 1. The van der Waals surface area contributed by atoms with Gasteiger partial charge in [-0.05, 0) is 24.7 Å². The molecular formula is C23H41N3O8. The van der Waals surface area contributed by atoms with Gasteiger partial charge < -0.3 is 35.3 Å². The van der Waals surface area contributed by atoms with E-state index in [0.29, 0.717) is 45.4 Å². The molecule has 0 saturated carbocycles. The van der Waals surface area contributed by atoms with Gasteiger partial charge in [0.2, 0.25) is 11.8 Å². The molecule has 1 fully saturated rings. The maximum absolute atomic E-state index is 11.9. The molecule has 0 bridgehead atoms. The number of amides is 2. The second-order valence-corrected chi connectivity index (χ2v) is 8.57. The van der Waals surface area contributed by atoms with Gasteiger partial charge in [0, 0.05) is 39.8 Å². The van der Waals surface area contributed by atoms with Crippen molar-refractivity contribution in [3.63, 3.8) is 0 Å². The van der Waals surface area contributed by atoms with Crippen LogP contribution >= 0.6 is 0 Å². The van der Waals surface area contributed by atoms with Gasteiger partial charge >= 0.3 is 5.97 Å². The third-order valence-corrected chi connectivity index (χ3v) is 5.80. The minimum absolute atomic E-state index is 0.0405. The van der Waals surface area contributed by atoms with Crippen LogP contribution in [0.15, 0.2) is 0 Å². The topological polar surface area (TPSA) is 155 Å². The standard InChI is InChI=1S/C23H41N3O8/c1-15-16(2)22(26-17(3)27)23(34-20(15)14-33-18(4)28)32-12-11-31-10-6-8-19(29)7-5-9-25-21(30)13-24/h15-16,20,22-23H,5-14,24H2,1-4H3,(H,25,30)(H,26,27). The first-order valence-corrected chi connectivity index (χ1v) is 11.9. The summed E-state index contributed by atoms with van der Waals surface area (Å²) >= 11 is 0. The van der Waals surface area contributed by atoms with E-state index in [2.05, 4.69) is 10.6 Å². The maximum atomic E-state index is 11.9. The monoisotopic (exact) mass is 487 g/mol. The van der Waals surface area contributed by atoms with Crippen molar-refractivity contribution in [1.82, 2.24) is 10.6 Å². The molecule has 11 heteroatoms. The van der Waals surface area contributed by atoms with Gasteiger partial charge in [-0.3, -0.25) is 19.2 Å². The summed E-state index contributed by atoms with van der Waals surface area (Å²) in [5.74, 6) is -0.579. The molecule has 1 heterocycles. The van der Waals surface area contributed by atoms with Crippen LogP contribution in [0.4, 0.5) is 0 Å². The molecule has 0 aromatic carbocycles. The van der Waals surface area contributed by atoms with E-state index < -0.39 is 6.29 Å². The van der Waals surface area contributed by atoms with Gasteiger partial charge in [0.25, 0.3) is 0 Å². The highest BCUT2D eigenvalue weighted by Gasteiger charge is 2.42. The number of nitrogens with one attached hydrogen (secondary N) is 2. The van der Waals surface area contributed by atoms with Crippen LogP contribution in [0, 0.1) is 11.8 Å².